The Hall–Kier alpha value is -1.75. The van der Waals surface area contributed by atoms with E-state index in [0.717, 1.165) is 31.4 Å². The Labute approximate surface area is 125 Å². The van der Waals surface area contributed by atoms with Gasteiger partial charge < -0.3 is 14.9 Å². The van der Waals surface area contributed by atoms with E-state index >= 15 is 0 Å². The number of likely N-dealkylation sites (tertiary alicyclic amines) is 1. The lowest BCUT2D eigenvalue weighted by atomic mass is 10.0. The lowest BCUT2D eigenvalue weighted by molar-refractivity contribution is -0.144. The van der Waals surface area contributed by atoms with Crippen LogP contribution in [0.1, 0.15) is 44.2 Å². The van der Waals surface area contributed by atoms with E-state index in [0.29, 0.717) is 12.2 Å². The quantitative estimate of drug-likeness (QED) is 0.893. The largest absolute Gasteiger partial charge is 0.504 e. The van der Waals surface area contributed by atoms with Crippen LogP contribution in [0.2, 0.25) is 0 Å². The predicted octanol–water partition coefficient (Wildman–Crippen LogP) is 2.79. The van der Waals surface area contributed by atoms with Crippen molar-refractivity contribution in [3.05, 3.63) is 23.8 Å². The lowest BCUT2D eigenvalue weighted by Crippen LogP contribution is -2.42. The number of ether oxygens (including phenoxy) is 1. The number of hydrogen-bond donors (Lipinski definition) is 2. The van der Waals surface area contributed by atoms with Gasteiger partial charge in [-0.15, -0.1) is 0 Å². The van der Waals surface area contributed by atoms with Crippen LogP contribution in [0.5, 0.6) is 11.5 Å². The van der Waals surface area contributed by atoms with Gasteiger partial charge >= 0.3 is 5.97 Å². The number of rotatable bonds is 4. The Morgan fingerprint density at radius 2 is 2.14 bits per heavy atom. The summed E-state index contributed by atoms with van der Waals surface area (Å²) in [4.78, 5) is 13.6. The predicted molar refractivity (Wildman–Crippen MR) is 79.7 cm³/mol. The van der Waals surface area contributed by atoms with Gasteiger partial charge in [-0.2, -0.15) is 0 Å². The van der Waals surface area contributed by atoms with Gasteiger partial charge in [0.1, 0.15) is 6.04 Å². The topological polar surface area (TPSA) is 70.0 Å². The van der Waals surface area contributed by atoms with E-state index in [1.807, 2.05) is 17.9 Å². The molecule has 0 bridgehead atoms. The molecule has 0 aliphatic carbocycles. The van der Waals surface area contributed by atoms with Crippen LogP contribution in [0.25, 0.3) is 0 Å². The highest BCUT2D eigenvalue weighted by atomic mass is 16.5. The van der Waals surface area contributed by atoms with Crippen LogP contribution in [-0.4, -0.2) is 40.8 Å². The van der Waals surface area contributed by atoms with E-state index < -0.39 is 12.0 Å². The Bertz CT molecular complexity index is 503. The molecular weight excluding hydrogens is 270 g/mol. The van der Waals surface area contributed by atoms with E-state index in [4.69, 9.17) is 4.74 Å². The van der Waals surface area contributed by atoms with Gasteiger partial charge in [0.2, 0.25) is 0 Å². The molecule has 1 aromatic rings. The summed E-state index contributed by atoms with van der Waals surface area (Å²) in [6.45, 7) is 2.79. The maximum Gasteiger partial charge on any atom is 0.320 e. The van der Waals surface area contributed by atoms with Crippen LogP contribution in [-0.2, 0) is 4.79 Å². The van der Waals surface area contributed by atoms with Gasteiger partial charge in [-0.3, -0.25) is 9.69 Å². The van der Waals surface area contributed by atoms with E-state index in [2.05, 4.69) is 0 Å². The van der Waals surface area contributed by atoms with Crippen molar-refractivity contribution in [3.8, 4) is 11.5 Å². The molecule has 1 saturated heterocycles. The van der Waals surface area contributed by atoms with Gasteiger partial charge in [0.05, 0.1) is 7.11 Å². The zero-order chi connectivity index (χ0) is 15.4. The van der Waals surface area contributed by atoms with Crippen LogP contribution in [0.15, 0.2) is 18.2 Å². The minimum atomic E-state index is -0.755. The summed E-state index contributed by atoms with van der Waals surface area (Å²) in [5.74, 6) is -0.241. The number of aromatic hydroxyl groups is 1. The second kappa shape index (κ2) is 6.80. The fraction of sp³-hybridized carbons (Fsp3) is 0.562. The molecule has 1 fully saturated rings. The summed E-state index contributed by atoms with van der Waals surface area (Å²) in [6.07, 6.45) is 3.74. The van der Waals surface area contributed by atoms with Crippen molar-refractivity contribution >= 4 is 5.97 Å². The molecular formula is C16H23NO4. The Morgan fingerprint density at radius 3 is 2.81 bits per heavy atom. The molecule has 0 saturated carbocycles. The highest BCUT2D eigenvalue weighted by Crippen LogP contribution is 2.33. The highest BCUT2D eigenvalue weighted by Gasteiger charge is 2.31. The summed E-state index contributed by atoms with van der Waals surface area (Å²) in [5, 5.41) is 19.1. The monoisotopic (exact) mass is 293 g/mol. The van der Waals surface area contributed by atoms with E-state index in [1.165, 1.54) is 7.11 Å². The molecule has 116 valence electrons. The summed E-state index contributed by atoms with van der Waals surface area (Å²) in [5.41, 5.74) is 0.956. The van der Waals surface area contributed by atoms with Crippen LogP contribution >= 0.6 is 0 Å². The van der Waals surface area contributed by atoms with Crippen molar-refractivity contribution < 1.29 is 19.7 Å². The summed E-state index contributed by atoms with van der Waals surface area (Å²) >= 11 is 0. The van der Waals surface area contributed by atoms with Crippen molar-refractivity contribution in [3.63, 3.8) is 0 Å². The number of carboxylic acids is 1. The van der Waals surface area contributed by atoms with Crippen LogP contribution in [0.4, 0.5) is 0 Å². The van der Waals surface area contributed by atoms with Crippen molar-refractivity contribution in [1.82, 2.24) is 4.90 Å². The first-order chi connectivity index (χ1) is 10.0. The number of aliphatic carboxylic acids is 1. The van der Waals surface area contributed by atoms with E-state index in [9.17, 15) is 15.0 Å². The Kier molecular flexibility index (Phi) is 5.07. The molecule has 1 aliphatic heterocycles. The molecule has 2 N–H and O–H groups in total. The minimum absolute atomic E-state index is 0.0290. The molecule has 5 heteroatoms. The number of carboxylic acid groups (broad SMARTS) is 1. The number of phenolic OH excluding ortho intramolecular Hbond substituents is 1. The number of nitrogens with zero attached hydrogens (tertiary/aromatic N) is 1. The summed E-state index contributed by atoms with van der Waals surface area (Å²) in [6, 6.07) is 4.73. The van der Waals surface area contributed by atoms with Crippen molar-refractivity contribution in [2.24, 2.45) is 0 Å². The summed E-state index contributed by atoms with van der Waals surface area (Å²) in [7, 11) is 1.51. The van der Waals surface area contributed by atoms with Gasteiger partial charge in [0, 0.05) is 6.04 Å². The van der Waals surface area contributed by atoms with Crippen LogP contribution in [0.3, 0.4) is 0 Å². The number of hydrogen-bond acceptors (Lipinski definition) is 4. The molecule has 0 radical (unpaired) electrons. The number of methoxy groups -OCH3 is 1. The van der Waals surface area contributed by atoms with Crippen molar-refractivity contribution in [2.75, 3.05) is 13.7 Å². The standard InChI is InChI=1S/C16H23NO4/c1-11(12-7-8-14(18)15(10-12)21-2)17-9-5-3-4-6-13(17)16(19)20/h7-8,10-11,13,18H,3-6,9H2,1-2H3,(H,19,20). The second-order valence-corrected chi connectivity index (χ2v) is 5.55. The zero-order valence-corrected chi connectivity index (χ0v) is 12.6. The molecule has 1 aliphatic rings. The molecule has 0 aromatic heterocycles. The molecule has 1 aromatic carbocycles. The maximum atomic E-state index is 11.5. The van der Waals surface area contributed by atoms with Crippen molar-refractivity contribution in [2.45, 2.75) is 44.7 Å². The molecule has 2 unspecified atom stereocenters. The average molecular weight is 293 g/mol. The van der Waals surface area contributed by atoms with Crippen LogP contribution < -0.4 is 4.74 Å². The highest BCUT2D eigenvalue weighted by molar-refractivity contribution is 5.73. The summed E-state index contributed by atoms with van der Waals surface area (Å²) < 4.78 is 5.14. The van der Waals surface area contributed by atoms with E-state index in [1.54, 1.807) is 12.1 Å². The number of phenols is 1. The number of carbonyl (C=O) groups is 1. The van der Waals surface area contributed by atoms with Gasteiger partial charge in [-0.1, -0.05) is 18.9 Å². The lowest BCUT2D eigenvalue weighted by Gasteiger charge is -2.33. The van der Waals surface area contributed by atoms with Crippen LogP contribution in [0, 0.1) is 0 Å². The van der Waals surface area contributed by atoms with Crippen molar-refractivity contribution in [1.29, 1.82) is 0 Å². The van der Waals surface area contributed by atoms with Gasteiger partial charge in [0.15, 0.2) is 11.5 Å². The third-order valence-corrected chi connectivity index (χ3v) is 4.26. The van der Waals surface area contributed by atoms with E-state index in [-0.39, 0.29) is 11.8 Å². The third kappa shape index (κ3) is 3.47. The Morgan fingerprint density at radius 1 is 1.38 bits per heavy atom. The molecule has 5 nitrogen and oxygen atoms in total. The molecule has 21 heavy (non-hydrogen) atoms. The maximum absolute atomic E-state index is 11.5. The first-order valence-corrected chi connectivity index (χ1v) is 7.40. The normalized spacial score (nSPS) is 21.5. The number of benzene rings is 1. The average Bonchev–Trinajstić information content (AvgIpc) is 2.72. The fourth-order valence-corrected chi connectivity index (χ4v) is 3.00. The second-order valence-electron chi connectivity index (χ2n) is 5.55. The minimum Gasteiger partial charge on any atom is -0.504 e. The fourth-order valence-electron chi connectivity index (χ4n) is 3.00. The SMILES string of the molecule is COc1cc(C(C)N2CCCCCC2C(=O)O)ccc1O. The molecule has 0 spiro atoms. The Balaban J connectivity index is 2.27. The smallest absolute Gasteiger partial charge is 0.320 e. The zero-order valence-electron chi connectivity index (χ0n) is 12.6. The van der Waals surface area contributed by atoms with Gasteiger partial charge in [-0.25, -0.2) is 0 Å². The van der Waals surface area contributed by atoms with Gasteiger partial charge in [-0.05, 0) is 44.0 Å². The molecule has 2 rings (SSSR count). The van der Waals surface area contributed by atoms with Gasteiger partial charge in [0.25, 0.3) is 0 Å². The molecule has 1 heterocycles. The first-order valence-electron chi connectivity index (χ1n) is 7.40. The molecule has 2 atom stereocenters. The third-order valence-electron chi connectivity index (χ3n) is 4.26. The molecule has 0 amide bonds. The first kappa shape index (κ1) is 15.6.